The van der Waals surface area contributed by atoms with Crippen LogP contribution in [0.25, 0.3) is 0 Å². The smallest absolute Gasteiger partial charge is 0.326 e. The molecule has 9 radical (unpaired) electrons. The van der Waals surface area contributed by atoms with Gasteiger partial charge in [0, 0.05) is 68.0 Å². The van der Waals surface area contributed by atoms with Crippen molar-refractivity contribution < 1.29 is 88.7 Å². The summed E-state index contributed by atoms with van der Waals surface area (Å²) in [6, 6.07) is -5.16. The van der Waals surface area contributed by atoms with Crippen LogP contribution in [0, 0.1) is 83.4 Å². The van der Waals surface area contributed by atoms with Crippen molar-refractivity contribution in [3.8, 4) is 83.4 Å². The average molecular weight is 1110 g/mol. The molecule has 0 heterocycles. The van der Waals surface area contributed by atoms with Crippen molar-refractivity contribution in [2.75, 3.05) is 74.9 Å². The van der Waals surface area contributed by atoms with E-state index in [-0.39, 0.29) is 62.3 Å². The Labute approximate surface area is 468 Å². The molecule has 77 heavy (non-hydrogen) atoms. The number of esters is 2. The summed E-state index contributed by atoms with van der Waals surface area (Å²) in [5, 5.41) is 79.2. The van der Waals surface area contributed by atoms with Crippen LogP contribution in [0.4, 0.5) is 0 Å². The highest BCUT2D eigenvalue weighted by molar-refractivity contribution is 8.00. The van der Waals surface area contributed by atoms with Crippen molar-refractivity contribution in [2.24, 2.45) is 5.73 Å². The highest BCUT2D eigenvalue weighted by Crippen LogP contribution is 2.05. The van der Waals surface area contributed by atoms with Gasteiger partial charge in [0.25, 0.3) is 0 Å². The minimum absolute atomic E-state index is 0.0834. The van der Waals surface area contributed by atoms with Crippen molar-refractivity contribution >= 4 is 134 Å². The lowest BCUT2D eigenvalue weighted by atomic mass is 8.76. The van der Waals surface area contributed by atoms with Gasteiger partial charge < -0.3 is 77.3 Å². The molecule has 0 aromatic heterocycles. The zero-order valence-electron chi connectivity index (χ0n) is 41.7. The van der Waals surface area contributed by atoms with Gasteiger partial charge in [-0.15, -0.1) is 29.9 Å². The summed E-state index contributed by atoms with van der Waals surface area (Å²) in [5.74, 6) is 23.6. The fourth-order valence-electron chi connectivity index (χ4n) is 3.80. The van der Waals surface area contributed by atoms with Gasteiger partial charge in [-0.25, -0.2) is 4.79 Å². The van der Waals surface area contributed by atoms with Crippen LogP contribution in [-0.2, 0) is 47.8 Å². The molecule has 0 aromatic rings. The summed E-state index contributed by atoms with van der Waals surface area (Å²) in [5.41, 5.74) is 5.74. The van der Waals surface area contributed by atoms with Crippen molar-refractivity contribution in [3.63, 3.8) is 0 Å². The molecule has 0 rings (SSSR count). The standard InChI is InChI=1S/C26H43N5O16S2.C15H4.C3H8O2S.B7/c27-16(24(42)29-2-4-47-23(41)13-49-11-15(35)9-33)5-20(37)30-17(25(43)31-18(26(44)45)7-21(38)39)6-19(36)28-1-3-46-22(40)12-48-10-14(34)8-32;1-3-5-7-9-11-13-15-14-12-10-8-6-4-2;4-1-3(5)2-6;1-5-7(4)6(2)3/h14-18,32-35H,1-13,27H2,(H,28,36)(H,29,42)(H,30,37)(H,31,43)(H,38,39)(H,44,45);1H,2H3;3-6H,1-2H2;. The van der Waals surface area contributed by atoms with E-state index in [1.807, 2.05) is 5.32 Å². The van der Waals surface area contributed by atoms with Gasteiger partial charge in [0.2, 0.25) is 23.6 Å². The molecule has 0 fully saturated rings. The maximum Gasteiger partial charge on any atom is 0.326 e. The summed E-state index contributed by atoms with van der Waals surface area (Å²) in [6.07, 6.45) is -1.23. The number of aliphatic carboxylic acids is 2. The number of aliphatic hydroxyl groups excluding tert-OH is 6. The monoisotopic (exact) mass is 1110 g/mol. The second-order valence-corrected chi connectivity index (χ2v) is 16.5. The number of nitrogens with two attached hydrogens (primary N) is 1. The molecule has 403 valence electrons. The molecule has 0 spiro atoms. The Morgan fingerprint density at radius 1 is 0.662 bits per heavy atom. The largest absolute Gasteiger partial charge is 0.481 e. The zero-order chi connectivity index (χ0) is 59.4. The van der Waals surface area contributed by atoms with Gasteiger partial charge in [-0.2, -0.15) is 12.6 Å². The van der Waals surface area contributed by atoms with Gasteiger partial charge in [0.05, 0.1) is 88.0 Å². The number of nitrogens with one attached hydrogen (secondary N) is 4. The Morgan fingerprint density at radius 2 is 1.12 bits per heavy atom. The first-order valence-corrected chi connectivity index (χ1v) is 24.9. The Hall–Kier alpha value is -6.10. The van der Waals surface area contributed by atoms with Crippen LogP contribution < -0.4 is 27.0 Å². The average Bonchev–Trinajstić information content (AvgIpc) is 3.39. The minimum Gasteiger partial charge on any atom is -0.481 e. The maximum atomic E-state index is 12.8. The fraction of sp³-hybridized carbons (Fsp3) is 0.500. The molecular weight excluding hydrogens is 1060 g/mol. The number of amides is 4. The molecule has 0 aliphatic carbocycles. The first kappa shape index (κ1) is 77.4. The van der Waals surface area contributed by atoms with Gasteiger partial charge in [-0.05, 0) is 78.0 Å². The number of aliphatic hydroxyl groups is 6. The molecule has 14 N–H and O–H groups in total. The molecule has 33 heteroatoms. The van der Waals surface area contributed by atoms with Gasteiger partial charge in [-0.1, -0.05) is 5.92 Å². The van der Waals surface area contributed by atoms with Crippen LogP contribution in [0.3, 0.4) is 0 Å². The lowest BCUT2D eigenvalue weighted by Gasteiger charge is -2.21. The number of carboxylic acid groups (broad SMARTS) is 2. The highest BCUT2D eigenvalue weighted by atomic mass is 32.2. The van der Waals surface area contributed by atoms with Gasteiger partial charge in [-0.3, -0.25) is 33.6 Å². The van der Waals surface area contributed by atoms with Crippen molar-refractivity contribution in [3.05, 3.63) is 0 Å². The Kier molecular flexibility index (Phi) is 53.6. The number of ether oxygens (including phenoxy) is 2. The molecule has 0 aromatic carbocycles. The fourth-order valence-corrected chi connectivity index (χ4v) is 5.40. The number of thiol groups is 1. The lowest BCUT2D eigenvalue weighted by Crippen LogP contribution is -2.54. The molecule has 6 atom stereocenters. The first-order chi connectivity index (χ1) is 36.5. The van der Waals surface area contributed by atoms with Crippen molar-refractivity contribution in [1.29, 1.82) is 0 Å². The quantitative estimate of drug-likeness (QED) is 0.0101. The number of carboxylic acids is 2. The van der Waals surface area contributed by atoms with E-state index in [1.54, 1.807) is 6.92 Å². The summed E-state index contributed by atoms with van der Waals surface area (Å²) in [4.78, 5) is 96.0. The van der Waals surface area contributed by atoms with Crippen LogP contribution in [0.1, 0.15) is 26.2 Å². The van der Waals surface area contributed by atoms with E-state index in [0.717, 1.165) is 23.5 Å². The number of hydrogen-bond donors (Lipinski definition) is 14. The van der Waals surface area contributed by atoms with E-state index in [2.05, 4.69) is 106 Å². The Morgan fingerprint density at radius 3 is 1.48 bits per heavy atom. The minimum atomic E-state index is -1.92. The van der Waals surface area contributed by atoms with Gasteiger partial charge in [0.15, 0.2) is 0 Å². The Bertz CT molecular complexity index is 2270. The molecule has 0 bridgehead atoms. The van der Waals surface area contributed by atoms with Crippen LogP contribution in [-0.4, -0.2) is 250 Å². The van der Waals surface area contributed by atoms with E-state index >= 15 is 0 Å². The van der Waals surface area contributed by atoms with E-state index in [9.17, 15) is 53.7 Å². The molecule has 0 saturated heterocycles. The topological polar surface area (TPSA) is 391 Å². The van der Waals surface area contributed by atoms with Gasteiger partial charge in [0.1, 0.15) is 25.3 Å². The van der Waals surface area contributed by atoms with E-state index in [4.69, 9.17) is 78.1 Å². The van der Waals surface area contributed by atoms with Gasteiger partial charge >= 0.3 is 23.9 Å². The number of carbonyl (C=O) groups is 8. The highest BCUT2D eigenvalue weighted by Gasteiger charge is 2.30. The number of hydrogen-bond acceptors (Lipinski definition) is 20. The predicted molar refractivity (Wildman–Crippen MR) is 298 cm³/mol. The van der Waals surface area contributed by atoms with E-state index in [1.165, 1.54) is 7.06 Å². The molecule has 6 unspecified atom stereocenters. The molecule has 4 amide bonds. The lowest BCUT2D eigenvalue weighted by molar-refractivity contribution is -0.147. The van der Waals surface area contributed by atoms with Crippen LogP contribution in [0.5, 0.6) is 0 Å². The van der Waals surface area contributed by atoms with Crippen LogP contribution in [0.15, 0.2) is 0 Å². The first-order valence-electron chi connectivity index (χ1n) is 22.0. The second kappa shape index (κ2) is 53.3. The normalized spacial score (nSPS) is 11.3. The third-order valence-corrected chi connectivity index (χ3v) is 10.1. The van der Waals surface area contributed by atoms with Crippen molar-refractivity contribution in [1.82, 2.24) is 21.3 Å². The predicted octanol–water partition coefficient (Wildman–Crippen LogP) is -8.62. The van der Waals surface area contributed by atoms with Crippen LogP contribution >= 0.6 is 36.2 Å². The summed E-state index contributed by atoms with van der Waals surface area (Å²) in [6.45, 7) is -0.399. The third kappa shape index (κ3) is 53.1. The number of rotatable bonds is 31. The molecule has 0 aliphatic heterocycles. The summed E-state index contributed by atoms with van der Waals surface area (Å²) >= 11 is 5.71. The van der Waals surface area contributed by atoms with Crippen LogP contribution in [0.2, 0.25) is 0 Å². The second-order valence-electron chi connectivity index (χ2n) is 14.1. The number of terminal acetylenes is 1. The molecular formula is C44H55B7N5O18S3. The number of carbonyl (C=O) groups excluding carboxylic acids is 6. The maximum absolute atomic E-state index is 12.8. The van der Waals surface area contributed by atoms with E-state index in [0.29, 0.717) is 5.75 Å². The molecule has 0 saturated carbocycles. The number of thioether (sulfide) groups is 2. The zero-order valence-corrected chi connectivity index (χ0v) is 44.2. The Balaban J connectivity index is -0.000000765. The summed E-state index contributed by atoms with van der Waals surface area (Å²) < 4.78 is 9.79. The van der Waals surface area contributed by atoms with E-state index < -0.39 is 123 Å². The third-order valence-electron chi connectivity index (χ3n) is 7.52. The molecule has 23 nitrogen and oxygen atoms in total. The SMILES string of the molecule is C#CC#CC#CC#CC#CC#CC#CC.NC(CC(=O)NC(CC(=O)NCCOC(=O)CSCC(O)CO)C(=O)NC(CC(=O)O)C(=O)O)C(=O)NCCOC(=O)CSCC(O)CO.OCC(O)CS.[B][B]B([B])B([B])[B]. The van der Waals surface area contributed by atoms with Crippen molar-refractivity contribution in [2.45, 2.75) is 62.6 Å². The summed E-state index contributed by atoms with van der Waals surface area (Å²) in [7, 11) is 21.6. The molecule has 0 aliphatic rings.